The van der Waals surface area contributed by atoms with Crippen LogP contribution >= 0.6 is 0 Å². The number of carboxylic acids is 1. The molecule has 3 fully saturated rings. The molecule has 0 radical (unpaired) electrons. The Morgan fingerprint density at radius 2 is 1.84 bits per heavy atom. The maximum Gasteiger partial charge on any atom is 0.418 e. The minimum absolute atomic E-state index is 0.0668. The molecule has 0 unspecified atom stereocenters. The van der Waals surface area contributed by atoms with Gasteiger partial charge in [-0.25, -0.2) is 4.98 Å². The van der Waals surface area contributed by atoms with E-state index in [0.717, 1.165) is 37.3 Å². The van der Waals surface area contributed by atoms with Gasteiger partial charge in [0.2, 0.25) is 5.95 Å². The van der Waals surface area contributed by atoms with Crippen LogP contribution in [0.4, 0.5) is 24.8 Å². The molecule has 0 spiro atoms. The Labute approximate surface area is 286 Å². The summed E-state index contributed by atoms with van der Waals surface area (Å²) in [5, 5.41) is 15.2. The van der Waals surface area contributed by atoms with Crippen LogP contribution in [-0.2, 0) is 22.3 Å². The number of halogens is 3. The minimum atomic E-state index is -4.57. The van der Waals surface area contributed by atoms with E-state index in [1.165, 1.54) is 18.5 Å². The number of fused-ring (bicyclic) bond motifs is 1. The quantitative estimate of drug-likeness (QED) is 0.133. The summed E-state index contributed by atoms with van der Waals surface area (Å²) in [6.07, 6.45) is 5.03. The lowest BCUT2D eigenvalue weighted by Crippen LogP contribution is -2.38. The summed E-state index contributed by atoms with van der Waals surface area (Å²) in [6, 6.07) is 6.09. The number of nitrogens with one attached hydrogen (secondary N) is 3. The van der Waals surface area contributed by atoms with Crippen molar-refractivity contribution in [2.75, 3.05) is 37.5 Å². The lowest BCUT2D eigenvalue weighted by Gasteiger charge is -2.34. The number of amides is 1. The first-order valence-electron chi connectivity index (χ1n) is 16.8. The van der Waals surface area contributed by atoms with Gasteiger partial charge in [-0.3, -0.25) is 30.2 Å². The summed E-state index contributed by atoms with van der Waals surface area (Å²) >= 11 is 0. The highest BCUT2D eigenvalue weighted by molar-refractivity contribution is 6.03. The Morgan fingerprint density at radius 1 is 1.08 bits per heavy atom. The average Bonchev–Trinajstić information content (AvgIpc) is 4.00. The fraction of sp³-hybridized carbons (Fsp3) is 0.486. The number of carbonyl (C=O) groups excluding carboxylic acids is 1. The first-order chi connectivity index (χ1) is 23.9. The molecule has 0 saturated heterocycles. The van der Waals surface area contributed by atoms with E-state index in [-0.39, 0.29) is 45.6 Å². The molecule has 50 heavy (non-hydrogen) atoms. The number of rotatable bonds is 13. The minimum Gasteiger partial charge on any atom is -0.480 e. The van der Waals surface area contributed by atoms with Gasteiger partial charge >= 0.3 is 12.1 Å². The molecule has 3 saturated carbocycles. The van der Waals surface area contributed by atoms with Crippen molar-refractivity contribution in [3.05, 3.63) is 59.2 Å². The number of imidazole rings is 1. The molecule has 0 aliphatic heterocycles. The van der Waals surface area contributed by atoms with Gasteiger partial charge < -0.3 is 19.7 Å². The maximum absolute atomic E-state index is 14.2. The van der Waals surface area contributed by atoms with Gasteiger partial charge in [-0.05, 0) is 62.3 Å². The molecule has 7 rings (SSSR count). The number of ether oxygens (including phenoxy) is 1. The molecule has 3 aliphatic carbocycles. The molecule has 1 amide bonds. The van der Waals surface area contributed by atoms with Crippen LogP contribution < -0.4 is 15.5 Å². The van der Waals surface area contributed by atoms with Crippen LogP contribution in [0, 0.1) is 5.41 Å². The Morgan fingerprint density at radius 3 is 2.46 bits per heavy atom. The Bertz CT molecular complexity index is 1920. The molecule has 0 bridgehead atoms. The first-order valence-corrected chi connectivity index (χ1v) is 16.8. The van der Waals surface area contributed by atoms with Gasteiger partial charge in [0, 0.05) is 56.5 Å². The maximum atomic E-state index is 14.2. The van der Waals surface area contributed by atoms with Crippen LogP contribution in [0.2, 0.25) is 0 Å². The van der Waals surface area contributed by atoms with E-state index in [2.05, 4.69) is 35.6 Å². The number of hydrogen-bond donors (Lipinski definition) is 4. The fourth-order valence-corrected chi connectivity index (χ4v) is 7.07. The monoisotopic (exact) mass is 692 g/mol. The Hall–Kier alpha value is -4.63. The molecule has 4 N–H and O–H groups in total. The topological polar surface area (TPSA) is 158 Å². The molecule has 12 nitrogen and oxygen atoms in total. The van der Waals surface area contributed by atoms with Gasteiger partial charge in [0.05, 0.1) is 29.2 Å². The number of aromatic amines is 1. The van der Waals surface area contributed by atoms with Gasteiger partial charge in [0.1, 0.15) is 16.7 Å². The van der Waals surface area contributed by atoms with Gasteiger partial charge in [-0.15, -0.1) is 0 Å². The summed E-state index contributed by atoms with van der Waals surface area (Å²) < 4.78 is 48.1. The zero-order valence-electron chi connectivity index (χ0n) is 27.9. The summed E-state index contributed by atoms with van der Waals surface area (Å²) in [6.45, 7) is 1.50. The highest BCUT2D eigenvalue weighted by atomic mass is 19.4. The van der Waals surface area contributed by atoms with E-state index in [4.69, 9.17) is 4.74 Å². The number of pyridine rings is 3. The number of methoxy groups -OCH3 is 1. The number of hydrogen-bond acceptors (Lipinski definition) is 9. The number of H-pyrrole nitrogens is 1. The fourth-order valence-electron chi connectivity index (χ4n) is 7.07. The van der Waals surface area contributed by atoms with Crippen molar-refractivity contribution in [2.45, 2.75) is 75.5 Å². The van der Waals surface area contributed by atoms with E-state index in [0.29, 0.717) is 56.6 Å². The van der Waals surface area contributed by atoms with Crippen LogP contribution in [0.15, 0.2) is 36.7 Å². The van der Waals surface area contributed by atoms with E-state index >= 15 is 0 Å². The van der Waals surface area contributed by atoms with Crippen molar-refractivity contribution in [1.29, 1.82) is 0 Å². The van der Waals surface area contributed by atoms with Gasteiger partial charge in [0.15, 0.2) is 5.65 Å². The van der Waals surface area contributed by atoms with Crippen molar-refractivity contribution in [2.24, 2.45) is 5.41 Å². The summed E-state index contributed by atoms with van der Waals surface area (Å²) in [5.41, 5.74) is 1.05. The Kier molecular flexibility index (Phi) is 8.75. The predicted octanol–water partition coefficient (Wildman–Crippen LogP) is 5.91. The summed E-state index contributed by atoms with van der Waals surface area (Å²) in [7, 11) is 3.61. The standard InChI is InChI=1S/C35H39F3N8O4/c1-46(18-33(19-50-2)9-3-4-10-33)26-14-25(22-13-23(35(36,37)38)27(40-17-22)21-6-7-21)42-29-28(26)43-32(44-29)45-30(47)24-8-5-20(15-39-24)16-41-34(11-12-34)31(48)49/h5,8,13-15,17,21,41H,3-4,6-7,9-12,16,18-19H2,1-2H3,(H,48,49)(H2,42,43,44,45,47). The lowest BCUT2D eigenvalue weighted by atomic mass is 9.86. The molecule has 15 heteroatoms. The van der Waals surface area contributed by atoms with Crippen LogP contribution in [0.1, 0.15) is 84.6 Å². The average molecular weight is 693 g/mol. The van der Waals surface area contributed by atoms with Gasteiger partial charge in [-0.1, -0.05) is 18.9 Å². The lowest BCUT2D eigenvalue weighted by molar-refractivity contribution is -0.141. The third kappa shape index (κ3) is 6.88. The molecule has 4 aromatic heterocycles. The second kappa shape index (κ2) is 12.9. The molecule has 0 atom stereocenters. The van der Waals surface area contributed by atoms with Crippen LogP contribution in [0.25, 0.3) is 22.4 Å². The number of aromatic nitrogens is 5. The van der Waals surface area contributed by atoms with E-state index in [1.54, 1.807) is 19.2 Å². The third-order valence-corrected chi connectivity index (χ3v) is 10.1. The second-order valence-electron chi connectivity index (χ2n) is 14.0. The first kappa shape index (κ1) is 33.8. The molecule has 4 heterocycles. The number of carbonyl (C=O) groups is 2. The summed E-state index contributed by atoms with van der Waals surface area (Å²) in [4.78, 5) is 47.5. The summed E-state index contributed by atoms with van der Waals surface area (Å²) in [5.74, 6) is -1.51. The van der Waals surface area contributed by atoms with Crippen LogP contribution in [0.5, 0.6) is 0 Å². The molecular formula is C35H39F3N8O4. The van der Waals surface area contributed by atoms with Crippen molar-refractivity contribution >= 4 is 34.7 Å². The molecule has 4 aromatic rings. The largest absolute Gasteiger partial charge is 0.480 e. The van der Waals surface area contributed by atoms with Crippen molar-refractivity contribution in [3.8, 4) is 11.3 Å². The second-order valence-corrected chi connectivity index (χ2v) is 14.0. The molecule has 264 valence electrons. The molecule has 0 aromatic carbocycles. The third-order valence-electron chi connectivity index (χ3n) is 10.1. The number of anilines is 2. The molecule has 3 aliphatic rings. The van der Waals surface area contributed by atoms with Crippen LogP contribution in [-0.4, -0.2) is 74.8 Å². The zero-order chi connectivity index (χ0) is 35.3. The Balaban J connectivity index is 1.19. The van der Waals surface area contributed by atoms with E-state index in [9.17, 15) is 27.9 Å². The zero-order valence-corrected chi connectivity index (χ0v) is 27.9. The predicted molar refractivity (Wildman–Crippen MR) is 179 cm³/mol. The number of alkyl halides is 3. The van der Waals surface area contributed by atoms with Crippen molar-refractivity contribution < 1.29 is 32.6 Å². The highest BCUT2D eigenvalue weighted by Gasteiger charge is 2.49. The highest BCUT2D eigenvalue weighted by Crippen LogP contribution is 2.46. The van der Waals surface area contributed by atoms with Crippen molar-refractivity contribution in [1.82, 2.24) is 30.2 Å². The number of nitrogens with zero attached hydrogens (tertiary/aromatic N) is 5. The number of carboxylic acid groups (broad SMARTS) is 1. The number of aliphatic carboxylic acids is 1. The van der Waals surface area contributed by atoms with Gasteiger partial charge in [0.25, 0.3) is 5.91 Å². The normalized spacial score (nSPS) is 17.9. The smallest absolute Gasteiger partial charge is 0.418 e. The van der Waals surface area contributed by atoms with Crippen LogP contribution in [0.3, 0.4) is 0 Å². The van der Waals surface area contributed by atoms with Gasteiger partial charge in [-0.2, -0.15) is 18.2 Å². The van der Waals surface area contributed by atoms with Crippen molar-refractivity contribution in [3.63, 3.8) is 0 Å². The van der Waals surface area contributed by atoms with E-state index < -0.39 is 29.2 Å². The molecular weight excluding hydrogens is 653 g/mol. The van der Waals surface area contributed by atoms with E-state index in [1.807, 2.05) is 11.9 Å². The SMILES string of the molecule is COCC1(CN(C)c2cc(-c3cnc(C4CC4)c(C(F)(F)F)c3)nc3nc(NC(=O)c4ccc(CNC5(C(=O)O)CC5)cn4)[nH]c23)CCCC1.